The Morgan fingerprint density at radius 1 is 1.41 bits per heavy atom. The fourth-order valence-corrected chi connectivity index (χ4v) is 1.67. The van der Waals surface area contributed by atoms with Crippen molar-refractivity contribution in [2.45, 2.75) is 38.4 Å². The highest BCUT2D eigenvalue weighted by molar-refractivity contribution is 5.94. The van der Waals surface area contributed by atoms with E-state index in [1.807, 2.05) is 0 Å². The van der Waals surface area contributed by atoms with Crippen LogP contribution in [-0.4, -0.2) is 18.1 Å². The van der Waals surface area contributed by atoms with Crippen LogP contribution < -0.4 is 11.1 Å². The fraction of sp³-hybridized carbons (Fsp3) is 0.462. The summed E-state index contributed by atoms with van der Waals surface area (Å²) < 4.78 is 5.61. The lowest BCUT2D eigenvalue weighted by atomic mass is 9.96. The van der Waals surface area contributed by atoms with E-state index in [1.165, 1.54) is 6.42 Å². The van der Waals surface area contributed by atoms with Crippen LogP contribution in [0.2, 0.25) is 0 Å². The molecule has 92 valence electrons. The van der Waals surface area contributed by atoms with Gasteiger partial charge in [-0.2, -0.15) is 0 Å². The van der Waals surface area contributed by atoms with Gasteiger partial charge in [0.15, 0.2) is 0 Å². The van der Waals surface area contributed by atoms with Gasteiger partial charge < -0.3 is 15.8 Å². The van der Waals surface area contributed by atoms with Crippen LogP contribution in [0.4, 0.5) is 11.4 Å². The zero-order valence-electron chi connectivity index (χ0n) is 9.98. The molecular weight excluding hydrogens is 216 g/mol. The number of carbonyl (C=O) groups is 1. The lowest BCUT2D eigenvalue weighted by Gasteiger charge is -2.28. The molecule has 3 N–H and O–H groups in total. The summed E-state index contributed by atoms with van der Waals surface area (Å²) in [5.74, 6) is -0.110. The Labute approximate surface area is 101 Å². The van der Waals surface area contributed by atoms with Gasteiger partial charge in [-0.1, -0.05) is 0 Å². The van der Waals surface area contributed by atoms with E-state index in [0.717, 1.165) is 18.5 Å². The molecule has 1 aliphatic rings. The molecule has 1 atom stereocenters. The predicted octanol–water partition coefficient (Wildman–Crippen LogP) is 2.16. The van der Waals surface area contributed by atoms with Crippen LogP contribution >= 0.6 is 0 Å². The van der Waals surface area contributed by atoms with Gasteiger partial charge in [0.05, 0.1) is 6.10 Å². The van der Waals surface area contributed by atoms with Gasteiger partial charge in [-0.3, -0.25) is 4.79 Å². The number of nitrogens with two attached hydrogens (primary N) is 1. The van der Waals surface area contributed by atoms with E-state index in [0.29, 0.717) is 5.69 Å². The third-order valence-electron chi connectivity index (χ3n) is 3.00. The maximum Gasteiger partial charge on any atom is 0.253 e. The van der Waals surface area contributed by atoms with E-state index in [4.69, 9.17) is 10.5 Å². The first-order valence-corrected chi connectivity index (χ1v) is 5.97. The zero-order valence-corrected chi connectivity index (χ0v) is 9.98. The van der Waals surface area contributed by atoms with E-state index in [2.05, 4.69) is 5.32 Å². The van der Waals surface area contributed by atoms with Crippen molar-refractivity contribution in [2.24, 2.45) is 0 Å². The molecule has 1 aromatic carbocycles. The van der Waals surface area contributed by atoms with Crippen molar-refractivity contribution in [1.82, 2.24) is 0 Å². The quantitative estimate of drug-likeness (QED) is 0.785. The molecule has 0 radical (unpaired) electrons. The number of nitrogens with one attached hydrogen (secondary N) is 1. The van der Waals surface area contributed by atoms with Gasteiger partial charge in [0.1, 0.15) is 6.10 Å². The summed E-state index contributed by atoms with van der Waals surface area (Å²) >= 11 is 0. The van der Waals surface area contributed by atoms with E-state index in [-0.39, 0.29) is 12.0 Å². The molecule has 17 heavy (non-hydrogen) atoms. The second-order valence-electron chi connectivity index (χ2n) is 4.44. The normalized spacial score (nSPS) is 17.2. The maximum atomic E-state index is 11.8. The first-order chi connectivity index (χ1) is 8.15. The highest BCUT2D eigenvalue weighted by Crippen LogP contribution is 2.23. The SMILES string of the molecule is CC(OC1CCC1)C(=O)Nc1ccc(N)cc1. The van der Waals surface area contributed by atoms with Crippen molar-refractivity contribution in [3.05, 3.63) is 24.3 Å². The van der Waals surface area contributed by atoms with Crippen molar-refractivity contribution in [3.63, 3.8) is 0 Å². The summed E-state index contributed by atoms with van der Waals surface area (Å²) in [6.07, 6.45) is 3.20. The lowest BCUT2D eigenvalue weighted by molar-refractivity contribution is -0.133. The van der Waals surface area contributed by atoms with Crippen LogP contribution in [0.3, 0.4) is 0 Å². The summed E-state index contributed by atoms with van der Waals surface area (Å²) in [5, 5.41) is 2.80. The van der Waals surface area contributed by atoms with Crippen molar-refractivity contribution in [2.75, 3.05) is 11.1 Å². The zero-order chi connectivity index (χ0) is 12.3. The van der Waals surface area contributed by atoms with Crippen LogP contribution in [0.25, 0.3) is 0 Å². The topological polar surface area (TPSA) is 64.3 Å². The van der Waals surface area contributed by atoms with Crippen LogP contribution in [-0.2, 0) is 9.53 Å². The Morgan fingerprint density at radius 3 is 2.59 bits per heavy atom. The fourth-order valence-electron chi connectivity index (χ4n) is 1.67. The first-order valence-electron chi connectivity index (χ1n) is 5.97. The molecule has 1 unspecified atom stereocenters. The second kappa shape index (κ2) is 5.19. The highest BCUT2D eigenvalue weighted by atomic mass is 16.5. The van der Waals surface area contributed by atoms with Crippen LogP contribution in [0.15, 0.2) is 24.3 Å². The molecule has 4 heteroatoms. The maximum absolute atomic E-state index is 11.8. The molecule has 0 aliphatic heterocycles. The number of hydrogen-bond acceptors (Lipinski definition) is 3. The molecule has 2 rings (SSSR count). The minimum atomic E-state index is -0.405. The molecule has 1 fully saturated rings. The summed E-state index contributed by atoms with van der Waals surface area (Å²) in [6.45, 7) is 1.78. The van der Waals surface area contributed by atoms with Crippen LogP contribution in [0.1, 0.15) is 26.2 Å². The Morgan fingerprint density at radius 2 is 2.06 bits per heavy atom. The third kappa shape index (κ3) is 3.20. The molecule has 4 nitrogen and oxygen atoms in total. The van der Waals surface area contributed by atoms with Gasteiger partial charge in [0, 0.05) is 11.4 Å². The molecule has 1 saturated carbocycles. The largest absolute Gasteiger partial charge is 0.399 e. The van der Waals surface area contributed by atoms with Gasteiger partial charge in [-0.05, 0) is 50.5 Å². The Balaban J connectivity index is 1.84. The van der Waals surface area contributed by atoms with E-state index >= 15 is 0 Å². The molecule has 1 aliphatic carbocycles. The van der Waals surface area contributed by atoms with E-state index < -0.39 is 6.10 Å². The summed E-state index contributed by atoms with van der Waals surface area (Å²) in [6, 6.07) is 7.08. The van der Waals surface area contributed by atoms with E-state index in [1.54, 1.807) is 31.2 Å². The average molecular weight is 234 g/mol. The molecule has 1 aromatic rings. The van der Waals surface area contributed by atoms with Gasteiger partial charge in [0.2, 0.25) is 0 Å². The smallest absolute Gasteiger partial charge is 0.253 e. The van der Waals surface area contributed by atoms with Gasteiger partial charge >= 0.3 is 0 Å². The number of ether oxygens (including phenoxy) is 1. The Bertz CT molecular complexity index is 385. The molecule has 0 heterocycles. The van der Waals surface area contributed by atoms with Crippen LogP contribution in [0, 0.1) is 0 Å². The number of carbonyl (C=O) groups excluding carboxylic acids is 1. The number of hydrogen-bond donors (Lipinski definition) is 2. The molecule has 0 spiro atoms. The van der Waals surface area contributed by atoms with Crippen molar-refractivity contribution >= 4 is 17.3 Å². The average Bonchev–Trinajstić information content (AvgIpc) is 2.26. The first kappa shape index (κ1) is 11.9. The second-order valence-corrected chi connectivity index (χ2v) is 4.44. The number of benzene rings is 1. The van der Waals surface area contributed by atoms with Gasteiger partial charge in [-0.15, -0.1) is 0 Å². The Hall–Kier alpha value is -1.55. The molecule has 1 amide bonds. The Kier molecular flexibility index (Phi) is 3.64. The molecule has 0 aromatic heterocycles. The van der Waals surface area contributed by atoms with Crippen LogP contribution in [0.5, 0.6) is 0 Å². The van der Waals surface area contributed by atoms with E-state index in [9.17, 15) is 4.79 Å². The number of nitrogen functional groups attached to an aromatic ring is 1. The minimum Gasteiger partial charge on any atom is -0.399 e. The summed E-state index contributed by atoms with van der Waals surface area (Å²) in [7, 11) is 0. The lowest BCUT2D eigenvalue weighted by Crippen LogP contribution is -2.34. The minimum absolute atomic E-state index is 0.110. The summed E-state index contributed by atoms with van der Waals surface area (Å²) in [4.78, 5) is 11.8. The van der Waals surface area contributed by atoms with Gasteiger partial charge in [0.25, 0.3) is 5.91 Å². The van der Waals surface area contributed by atoms with Crippen molar-refractivity contribution < 1.29 is 9.53 Å². The number of amides is 1. The van der Waals surface area contributed by atoms with Gasteiger partial charge in [-0.25, -0.2) is 0 Å². The number of anilines is 2. The number of rotatable bonds is 4. The van der Waals surface area contributed by atoms with Crippen molar-refractivity contribution in [3.8, 4) is 0 Å². The predicted molar refractivity (Wildman–Crippen MR) is 67.7 cm³/mol. The standard InChI is InChI=1S/C13H18N2O2/c1-9(17-12-3-2-4-12)13(16)15-11-7-5-10(14)6-8-11/h5-9,12H,2-4,14H2,1H3,(H,15,16). The van der Waals surface area contributed by atoms with Crippen molar-refractivity contribution in [1.29, 1.82) is 0 Å². The monoisotopic (exact) mass is 234 g/mol. The molecular formula is C13H18N2O2. The molecule has 0 saturated heterocycles. The highest BCUT2D eigenvalue weighted by Gasteiger charge is 2.23. The summed E-state index contributed by atoms with van der Waals surface area (Å²) in [5.41, 5.74) is 7.00. The third-order valence-corrected chi connectivity index (χ3v) is 3.00. The molecule has 0 bridgehead atoms.